The number of aromatic nitrogens is 1. The maximum Gasteiger partial charge on any atom is 0.271 e. The Hall–Kier alpha value is -2.24. The molecule has 1 rings (SSSR count). The fraction of sp³-hybridized carbons (Fsp3) is 0.200. The predicted molar refractivity (Wildman–Crippen MR) is 58.6 cm³/mol. The second kappa shape index (κ2) is 5.59. The topological polar surface area (TPSA) is 97.4 Å². The molecule has 0 aliphatic rings. The molecule has 0 aliphatic carbocycles. The van der Waals surface area contributed by atoms with Gasteiger partial charge in [-0.15, -0.1) is 0 Å². The summed E-state index contributed by atoms with van der Waals surface area (Å²) in [4.78, 5) is 25.8. The Kier molecular flexibility index (Phi) is 4.14. The molecule has 0 atom stereocenters. The van der Waals surface area contributed by atoms with Crippen LogP contribution in [0.5, 0.6) is 0 Å². The summed E-state index contributed by atoms with van der Waals surface area (Å²) < 4.78 is 0. The number of pyridine rings is 1. The van der Waals surface area contributed by atoms with Gasteiger partial charge in [-0.05, 0) is 19.1 Å². The first-order chi connectivity index (χ1) is 7.59. The highest BCUT2D eigenvalue weighted by Crippen LogP contribution is 1.95. The molecule has 0 aliphatic heterocycles. The lowest BCUT2D eigenvalue weighted by molar-refractivity contribution is -0.116. The molecule has 0 bridgehead atoms. The van der Waals surface area contributed by atoms with Crippen molar-refractivity contribution in [3.8, 4) is 0 Å². The van der Waals surface area contributed by atoms with Crippen molar-refractivity contribution in [2.24, 2.45) is 10.8 Å². The number of amides is 2. The highest BCUT2D eigenvalue weighted by molar-refractivity contribution is 6.00. The number of rotatable bonds is 4. The SMILES string of the molecule is CC(CC(N)=O)=NNC(=O)c1ccncc1. The lowest BCUT2D eigenvalue weighted by Crippen LogP contribution is -2.21. The summed E-state index contributed by atoms with van der Waals surface area (Å²) in [5.74, 6) is -0.842. The van der Waals surface area contributed by atoms with E-state index in [1.165, 1.54) is 12.4 Å². The maximum absolute atomic E-state index is 11.5. The monoisotopic (exact) mass is 220 g/mol. The highest BCUT2D eigenvalue weighted by atomic mass is 16.2. The Morgan fingerprint density at radius 3 is 2.62 bits per heavy atom. The Morgan fingerprint density at radius 2 is 2.06 bits per heavy atom. The molecule has 1 heterocycles. The van der Waals surface area contributed by atoms with E-state index in [0.717, 1.165) is 0 Å². The second-order valence-corrected chi connectivity index (χ2v) is 3.17. The molecular formula is C10H12N4O2. The summed E-state index contributed by atoms with van der Waals surface area (Å²) in [5.41, 5.74) is 8.19. The molecule has 6 heteroatoms. The van der Waals surface area contributed by atoms with E-state index < -0.39 is 5.91 Å². The largest absolute Gasteiger partial charge is 0.369 e. The summed E-state index contributed by atoms with van der Waals surface area (Å²) in [6, 6.07) is 3.13. The lowest BCUT2D eigenvalue weighted by Gasteiger charge is -2.00. The third-order valence-corrected chi connectivity index (χ3v) is 1.72. The molecule has 0 unspecified atom stereocenters. The van der Waals surface area contributed by atoms with Crippen molar-refractivity contribution in [3.05, 3.63) is 30.1 Å². The van der Waals surface area contributed by atoms with Crippen molar-refractivity contribution in [2.45, 2.75) is 13.3 Å². The van der Waals surface area contributed by atoms with Crippen LogP contribution in [0.15, 0.2) is 29.6 Å². The van der Waals surface area contributed by atoms with Crippen LogP contribution in [0.3, 0.4) is 0 Å². The number of hydrogen-bond donors (Lipinski definition) is 2. The van der Waals surface area contributed by atoms with Gasteiger partial charge < -0.3 is 5.73 Å². The fourth-order valence-corrected chi connectivity index (χ4v) is 1.01. The minimum Gasteiger partial charge on any atom is -0.369 e. The van der Waals surface area contributed by atoms with Crippen LogP contribution in [0.25, 0.3) is 0 Å². The zero-order chi connectivity index (χ0) is 12.0. The first kappa shape index (κ1) is 11.8. The Labute approximate surface area is 92.6 Å². The van der Waals surface area contributed by atoms with Crippen LogP contribution < -0.4 is 11.2 Å². The molecule has 16 heavy (non-hydrogen) atoms. The van der Waals surface area contributed by atoms with E-state index in [2.05, 4.69) is 15.5 Å². The molecule has 1 aromatic rings. The van der Waals surface area contributed by atoms with Crippen molar-refractivity contribution in [2.75, 3.05) is 0 Å². The second-order valence-electron chi connectivity index (χ2n) is 3.17. The number of nitrogens with one attached hydrogen (secondary N) is 1. The Morgan fingerprint density at radius 1 is 1.44 bits per heavy atom. The molecule has 2 amide bonds. The summed E-state index contributed by atoms with van der Waals surface area (Å²) in [6.07, 6.45) is 3.04. The molecule has 0 radical (unpaired) electrons. The zero-order valence-corrected chi connectivity index (χ0v) is 8.80. The van der Waals surface area contributed by atoms with Crippen LogP contribution >= 0.6 is 0 Å². The average molecular weight is 220 g/mol. The first-order valence-corrected chi connectivity index (χ1v) is 4.61. The molecule has 0 fully saturated rings. The minimum atomic E-state index is -0.487. The summed E-state index contributed by atoms with van der Waals surface area (Å²) in [6.45, 7) is 1.61. The van der Waals surface area contributed by atoms with E-state index in [1.807, 2.05) is 0 Å². The van der Waals surface area contributed by atoms with Crippen molar-refractivity contribution < 1.29 is 9.59 Å². The summed E-state index contributed by atoms with van der Waals surface area (Å²) >= 11 is 0. The molecule has 0 saturated carbocycles. The van der Waals surface area contributed by atoms with Crippen LogP contribution in [0.1, 0.15) is 23.7 Å². The van der Waals surface area contributed by atoms with Crippen molar-refractivity contribution >= 4 is 17.5 Å². The molecule has 84 valence electrons. The number of primary amides is 1. The molecule has 1 aromatic heterocycles. The molecule has 0 spiro atoms. The fourth-order valence-electron chi connectivity index (χ4n) is 1.01. The van der Waals surface area contributed by atoms with E-state index in [9.17, 15) is 9.59 Å². The van der Waals surface area contributed by atoms with Gasteiger partial charge in [-0.3, -0.25) is 14.6 Å². The third kappa shape index (κ3) is 3.87. The van der Waals surface area contributed by atoms with Gasteiger partial charge in [0, 0.05) is 23.7 Å². The summed E-state index contributed by atoms with van der Waals surface area (Å²) in [5, 5.41) is 3.74. The van der Waals surface area contributed by atoms with Gasteiger partial charge in [-0.1, -0.05) is 0 Å². The van der Waals surface area contributed by atoms with Crippen LogP contribution in [-0.2, 0) is 4.79 Å². The molecule has 0 saturated heterocycles. The zero-order valence-electron chi connectivity index (χ0n) is 8.80. The van der Waals surface area contributed by atoms with Crippen molar-refractivity contribution in [1.29, 1.82) is 0 Å². The molecular weight excluding hydrogens is 208 g/mol. The van der Waals surface area contributed by atoms with Crippen molar-refractivity contribution in [3.63, 3.8) is 0 Å². The minimum absolute atomic E-state index is 0.0244. The van der Waals surface area contributed by atoms with Gasteiger partial charge >= 0.3 is 0 Å². The quantitative estimate of drug-likeness (QED) is 0.554. The highest BCUT2D eigenvalue weighted by Gasteiger charge is 2.03. The number of hydrogen-bond acceptors (Lipinski definition) is 4. The number of carbonyl (C=O) groups excluding carboxylic acids is 2. The van der Waals surface area contributed by atoms with Gasteiger partial charge in [0.25, 0.3) is 5.91 Å². The molecule has 0 aromatic carbocycles. The molecule has 6 nitrogen and oxygen atoms in total. The van der Waals surface area contributed by atoms with Gasteiger partial charge in [0.1, 0.15) is 0 Å². The van der Waals surface area contributed by atoms with Crippen LogP contribution in [0.2, 0.25) is 0 Å². The van der Waals surface area contributed by atoms with Gasteiger partial charge in [-0.25, -0.2) is 5.43 Å². The number of nitrogens with zero attached hydrogens (tertiary/aromatic N) is 2. The standard InChI is InChI=1S/C10H12N4O2/c1-7(6-9(11)15)13-14-10(16)8-2-4-12-5-3-8/h2-5H,6H2,1H3,(H2,11,15)(H,14,16). The number of nitrogens with two attached hydrogens (primary N) is 1. The predicted octanol–water partition coefficient (Wildman–Crippen LogP) is 0.0627. The smallest absolute Gasteiger partial charge is 0.271 e. The number of carbonyl (C=O) groups is 2. The van der Waals surface area contributed by atoms with E-state index in [1.54, 1.807) is 19.1 Å². The Bertz CT molecular complexity index is 414. The van der Waals surface area contributed by atoms with Crippen LogP contribution in [0, 0.1) is 0 Å². The first-order valence-electron chi connectivity index (χ1n) is 4.61. The molecule has 3 N–H and O–H groups in total. The lowest BCUT2D eigenvalue weighted by atomic mass is 10.2. The van der Waals surface area contributed by atoms with Crippen LogP contribution in [0.4, 0.5) is 0 Å². The van der Waals surface area contributed by atoms with E-state index in [0.29, 0.717) is 11.3 Å². The van der Waals surface area contributed by atoms with Gasteiger partial charge in [0.05, 0.1) is 6.42 Å². The maximum atomic E-state index is 11.5. The van der Waals surface area contributed by atoms with Crippen LogP contribution in [-0.4, -0.2) is 22.5 Å². The number of hydrazone groups is 1. The average Bonchev–Trinajstić information content (AvgIpc) is 2.26. The van der Waals surface area contributed by atoms with E-state index >= 15 is 0 Å². The van der Waals surface area contributed by atoms with Gasteiger partial charge in [0.2, 0.25) is 5.91 Å². The van der Waals surface area contributed by atoms with Gasteiger partial charge in [-0.2, -0.15) is 5.10 Å². The van der Waals surface area contributed by atoms with E-state index in [-0.39, 0.29) is 12.3 Å². The third-order valence-electron chi connectivity index (χ3n) is 1.72. The van der Waals surface area contributed by atoms with Gasteiger partial charge in [0.15, 0.2) is 0 Å². The van der Waals surface area contributed by atoms with Crippen molar-refractivity contribution in [1.82, 2.24) is 10.4 Å². The van der Waals surface area contributed by atoms with E-state index in [4.69, 9.17) is 5.73 Å². The Balaban J connectivity index is 2.56. The normalized spacial score (nSPS) is 10.9. The summed E-state index contributed by atoms with van der Waals surface area (Å²) in [7, 11) is 0.